The average molecular weight is 410 g/mol. The van der Waals surface area contributed by atoms with Crippen molar-refractivity contribution in [2.45, 2.75) is 55.4 Å². The molecule has 2 aromatic carbocycles. The van der Waals surface area contributed by atoms with Gasteiger partial charge in [-0.3, -0.25) is 0 Å². The first-order valence-corrected chi connectivity index (χ1v) is 12.2. The summed E-state index contributed by atoms with van der Waals surface area (Å²) in [6.07, 6.45) is 2.36. The number of nitrogens with zero attached hydrogens (tertiary/aromatic N) is 1. The summed E-state index contributed by atoms with van der Waals surface area (Å²) in [5.41, 5.74) is 0.920. The molecule has 148 valence electrons. The Morgan fingerprint density at radius 3 is 2.15 bits per heavy atom. The van der Waals surface area contributed by atoms with Crippen LogP contribution in [0.15, 0.2) is 68.2 Å². The Bertz CT molecular complexity index is 945. The molecule has 0 heterocycles. The summed E-state index contributed by atoms with van der Waals surface area (Å²) < 4.78 is 42.9. The molecule has 1 N–H and O–H groups in total. The van der Waals surface area contributed by atoms with Crippen LogP contribution in [0.25, 0.3) is 0 Å². The van der Waals surface area contributed by atoms with Crippen LogP contribution >= 0.6 is 0 Å². The number of benzene rings is 2. The van der Waals surface area contributed by atoms with E-state index in [1.54, 1.807) is 42.5 Å². The number of aliphatic hydroxyl groups is 1. The highest BCUT2D eigenvalue weighted by atomic mass is 32.3. The van der Waals surface area contributed by atoms with Gasteiger partial charge in [-0.1, -0.05) is 62.1 Å². The van der Waals surface area contributed by atoms with Crippen LogP contribution in [0.4, 0.5) is 0 Å². The van der Waals surface area contributed by atoms with E-state index in [0.717, 1.165) is 24.8 Å². The molecule has 0 aliphatic heterocycles. The highest BCUT2D eigenvalue weighted by Gasteiger charge is 2.23. The van der Waals surface area contributed by atoms with Crippen LogP contribution in [0.5, 0.6) is 0 Å². The quantitative estimate of drug-likeness (QED) is 0.631. The molecule has 1 unspecified atom stereocenters. The van der Waals surface area contributed by atoms with Crippen molar-refractivity contribution in [3.8, 4) is 0 Å². The lowest BCUT2D eigenvalue weighted by Gasteiger charge is -2.15. The van der Waals surface area contributed by atoms with Crippen LogP contribution in [0, 0.1) is 6.92 Å². The Morgan fingerprint density at radius 1 is 0.926 bits per heavy atom. The first kappa shape index (κ1) is 21.6. The predicted molar refractivity (Wildman–Crippen MR) is 109 cm³/mol. The van der Waals surface area contributed by atoms with E-state index in [9.17, 15) is 17.7 Å². The molecule has 0 radical (unpaired) electrons. The lowest BCUT2D eigenvalue weighted by atomic mass is 10.1. The normalized spacial score (nSPS) is 15.1. The number of aliphatic hydroxyl groups excluding tert-OH is 1. The molecule has 0 spiro atoms. The Labute approximate surface area is 162 Å². The summed E-state index contributed by atoms with van der Waals surface area (Å²) in [6.45, 7) is 3.91. The van der Waals surface area contributed by atoms with Crippen molar-refractivity contribution in [3.63, 3.8) is 0 Å². The summed E-state index contributed by atoms with van der Waals surface area (Å²) in [7, 11) is -7.45. The third kappa shape index (κ3) is 6.16. The zero-order valence-corrected chi connectivity index (χ0v) is 17.4. The average Bonchev–Trinajstić information content (AvgIpc) is 2.62. The Kier molecular flexibility index (Phi) is 7.59. The minimum Gasteiger partial charge on any atom is -0.392 e. The molecule has 2 aromatic rings. The van der Waals surface area contributed by atoms with Gasteiger partial charge < -0.3 is 5.11 Å². The third-order valence-corrected chi connectivity index (χ3v) is 8.67. The van der Waals surface area contributed by atoms with E-state index < -0.39 is 25.9 Å². The fourth-order valence-electron chi connectivity index (χ4n) is 2.69. The molecule has 0 amide bonds. The van der Waals surface area contributed by atoms with E-state index in [2.05, 4.69) is 10.7 Å². The number of rotatable bonds is 9. The predicted octanol–water partition coefficient (Wildman–Crippen LogP) is 4.15. The topological polar surface area (TPSA) is 83.8 Å². The van der Waals surface area contributed by atoms with Gasteiger partial charge in [0.1, 0.15) is 0 Å². The van der Waals surface area contributed by atoms with Gasteiger partial charge in [0, 0.05) is 4.90 Å². The number of sulfonamides is 1. The summed E-state index contributed by atoms with van der Waals surface area (Å²) in [5, 5.41) is 10.3. The van der Waals surface area contributed by atoms with Crippen LogP contribution in [-0.4, -0.2) is 29.6 Å². The fourth-order valence-corrected chi connectivity index (χ4v) is 6.83. The van der Waals surface area contributed by atoms with Crippen molar-refractivity contribution in [3.05, 3.63) is 60.2 Å². The van der Waals surface area contributed by atoms with Crippen LogP contribution in [0.1, 0.15) is 38.2 Å². The van der Waals surface area contributed by atoms with Crippen LogP contribution < -0.4 is 0 Å². The molecule has 0 saturated carbocycles. The van der Waals surface area contributed by atoms with Gasteiger partial charge in [0.25, 0.3) is 10.0 Å². The minimum absolute atomic E-state index is 0.00257. The lowest BCUT2D eigenvalue weighted by molar-refractivity contribution is 0.184. The third-order valence-electron chi connectivity index (χ3n) is 4.21. The van der Waals surface area contributed by atoms with Crippen LogP contribution in [0.3, 0.4) is 0 Å². The van der Waals surface area contributed by atoms with E-state index in [-0.39, 0.29) is 10.6 Å². The second kappa shape index (κ2) is 9.48. The van der Waals surface area contributed by atoms with Gasteiger partial charge in [0.2, 0.25) is 0 Å². The zero-order chi connectivity index (χ0) is 19.9. The van der Waals surface area contributed by atoms with Crippen molar-refractivity contribution >= 4 is 19.8 Å². The standard InChI is InChI=1S/C20H27NO4S2/c1-3-4-6-9-18(22)16-26(23,19-10-7-5-8-11-19)21-27(24,25)20-14-12-17(2)13-15-20/h5,7-8,10-15,18,22H,3-4,6,9,16H2,1-2H3/t18-,26?/m0/s1. The molecular weight excluding hydrogens is 382 g/mol. The fraction of sp³-hybridized carbons (Fsp3) is 0.400. The van der Waals surface area contributed by atoms with E-state index >= 15 is 0 Å². The first-order valence-electron chi connectivity index (χ1n) is 9.08. The molecule has 0 aliphatic carbocycles. The highest BCUT2D eigenvalue weighted by molar-refractivity contribution is 8.03. The van der Waals surface area contributed by atoms with Gasteiger partial charge in [-0.25, -0.2) is 4.21 Å². The van der Waals surface area contributed by atoms with Crippen molar-refractivity contribution in [1.82, 2.24) is 0 Å². The minimum atomic E-state index is -4.12. The monoisotopic (exact) mass is 409 g/mol. The maximum Gasteiger partial charge on any atom is 0.290 e. The molecule has 2 atom stereocenters. The number of hydrogen-bond donors (Lipinski definition) is 1. The van der Waals surface area contributed by atoms with Gasteiger partial charge in [-0.15, -0.1) is 3.77 Å². The Balaban J connectivity index is 2.44. The molecular formula is C20H27NO4S2. The van der Waals surface area contributed by atoms with E-state index in [1.165, 1.54) is 12.1 Å². The van der Waals surface area contributed by atoms with Crippen LogP contribution in [-0.2, 0) is 19.8 Å². The van der Waals surface area contributed by atoms with Gasteiger partial charge in [0.15, 0.2) is 0 Å². The molecule has 2 rings (SSSR count). The lowest BCUT2D eigenvalue weighted by Crippen LogP contribution is -2.22. The van der Waals surface area contributed by atoms with Gasteiger partial charge >= 0.3 is 0 Å². The summed E-state index contributed by atoms with van der Waals surface area (Å²) in [6, 6.07) is 14.6. The zero-order valence-electron chi connectivity index (χ0n) is 15.7. The molecule has 0 aromatic heterocycles. The summed E-state index contributed by atoms with van der Waals surface area (Å²) >= 11 is 0. The first-order chi connectivity index (χ1) is 12.8. The SMILES string of the molecule is CCCCC[C@H](O)CS(=O)(=NS(=O)(=O)c1ccc(C)cc1)c1ccccc1. The summed E-state index contributed by atoms with van der Waals surface area (Å²) in [5.74, 6) is -0.203. The maximum atomic E-state index is 13.6. The van der Waals surface area contributed by atoms with Crippen molar-refractivity contribution in [2.75, 3.05) is 5.75 Å². The second-order valence-corrected chi connectivity index (χ2v) is 10.7. The van der Waals surface area contributed by atoms with E-state index in [4.69, 9.17) is 0 Å². The van der Waals surface area contributed by atoms with Crippen LogP contribution in [0.2, 0.25) is 0 Å². The number of aryl methyl sites for hydroxylation is 1. The molecule has 0 fully saturated rings. The second-order valence-electron chi connectivity index (χ2n) is 6.63. The Morgan fingerprint density at radius 2 is 1.56 bits per heavy atom. The smallest absolute Gasteiger partial charge is 0.290 e. The van der Waals surface area contributed by atoms with E-state index in [0.29, 0.717) is 11.3 Å². The largest absolute Gasteiger partial charge is 0.392 e. The number of hydrogen-bond acceptors (Lipinski definition) is 4. The molecule has 0 bridgehead atoms. The molecule has 0 saturated heterocycles. The molecule has 5 nitrogen and oxygen atoms in total. The summed E-state index contributed by atoms with van der Waals surface area (Å²) in [4.78, 5) is 0.312. The van der Waals surface area contributed by atoms with Gasteiger partial charge in [-0.05, 0) is 37.6 Å². The Hall–Kier alpha value is -1.70. The molecule has 7 heteroatoms. The van der Waals surface area contributed by atoms with Gasteiger partial charge in [0.05, 0.1) is 26.5 Å². The maximum absolute atomic E-state index is 13.6. The van der Waals surface area contributed by atoms with E-state index in [1.807, 2.05) is 6.92 Å². The van der Waals surface area contributed by atoms with Crippen molar-refractivity contribution < 1.29 is 17.7 Å². The molecule has 0 aliphatic rings. The molecule has 27 heavy (non-hydrogen) atoms. The van der Waals surface area contributed by atoms with Crippen molar-refractivity contribution in [1.29, 1.82) is 0 Å². The number of unbranched alkanes of at least 4 members (excludes halogenated alkanes) is 2. The van der Waals surface area contributed by atoms with Gasteiger partial charge in [-0.2, -0.15) is 8.42 Å². The highest BCUT2D eigenvalue weighted by Crippen LogP contribution is 2.22. The van der Waals surface area contributed by atoms with Crippen molar-refractivity contribution in [2.24, 2.45) is 3.77 Å².